The van der Waals surface area contributed by atoms with Gasteiger partial charge in [-0.25, -0.2) is 12.7 Å². The van der Waals surface area contributed by atoms with Gasteiger partial charge in [-0.15, -0.1) is 0 Å². The highest BCUT2D eigenvalue weighted by Gasteiger charge is 2.25. The molecule has 1 rings (SSSR count). The fourth-order valence-electron chi connectivity index (χ4n) is 2.31. The van der Waals surface area contributed by atoms with E-state index in [9.17, 15) is 12.6 Å². The third-order valence-electron chi connectivity index (χ3n) is 3.54. The lowest BCUT2D eigenvalue weighted by atomic mass is 9.99. The Labute approximate surface area is 119 Å². The molecule has 3 atom stereocenters. The molecule has 0 aromatic heterocycles. The van der Waals surface area contributed by atoms with Crippen LogP contribution >= 0.6 is 0 Å². The number of hydrogen-bond donors (Lipinski definition) is 1. The van der Waals surface area contributed by atoms with Gasteiger partial charge in [0.05, 0.1) is 6.26 Å². The van der Waals surface area contributed by atoms with Crippen molar-refractivity contribution in [2.45, 2.75) is 32.2 Å². The third-order valence-corrected chi connectivity index (χ3v) is 5.62. The highest BCUT2D eigenvalue weighted by Crippen LogP contribution is 2.18. The second-order valence-electron chi connectivity index (χ2n) is 5.50. The molecule has 3 unspecified atom stereocenters. The minimum atomic E-state index is -3.05. The third kappa shape index (κ3) is 6.83. The molecule has 1 N–H and O–H groups in total. The van der Waals surface area contributed by atoms with E-state index in [4.69, 9.17) is 0 Å². The second kappa shape index (κ2) is 7.71. The Kier molecular flexibility index (Phi) is 6.93. The van der Waals surface area contributed by atoms with E-state index >= 15 is 0 Å². The first-order valence-corrected chi connectivity index (χ1v) is 10.3. The fourth-order valence-corrected chi connectivity index (χ4v) is 3.94. The van der Waals surface area contributed by atoms with Gasteiger partial charge in [-0.2, -0.15) is 0 Å². The van der Waals surface area contributed by atoms with Crippen molar-refractivity contribution in [2.24, 2.45) is 5.92 Å². The van der Waals surface area contributed by atoms with Crippen molar-refractivity contribution in [3.8, 4) is 0 Å². The van der Waals surface area contributed by atoms with Gasteiger partial charge in [0.25, 0.3) is 0 Å². The predicted octanol–water partition coefficient (Wildman–Crippen LogP) is 0.405. The van der Waals surface area contributed by atoms with E-state index in [-0.39, 0.29) is 0 Å². The molecule has 0 radical (unpaired) electrons. The van der Waals surface area contributed by atoms with Gasteiger partial charge in [0, 0.05) is 41.9 Å². The molecule has 0 aromatic carbocycles. The van der Waals surface area contributed by atoms with Crippen LogP contribution in [0.2, 0.25) is 0 Å². The number of sulfonamides is 1. The Morgan fingerprint density at radius 2 is 2.16 bits per heavy atom. The molecule has 0 aromatic rings. The molecule has 1 fully saturated rings. The maximum absolute atomic E-state index is 11.5. The standard InChI is InChI=1S/C12H26N2O3S2/c1-11(6-8-18(2)15)13-9-12-5-4-7-14(10-12)19(3,16)17/h11-13H,4-10H2,1-3H3. The summed E-state index contributed by atoms with van der Waals surface area (Å²) in [5, 5.41) is 3.42. The average molecular weight is 310 g/mol. The van der Waals surface area contributed by atoms with Gasteiger partial charge in [-0.1, -0.05) is 0 Å². The summed E-state index contributed by atoms with van der Waals surface area (Å²) in [6.45, 7) is 4.20. The smallest absolute Gasteiger partial charge is 0.211 e. The fraction of sp³-hybridized carbons (Fsp3) is 1.00. The zero-order chi connectivity index (χ0) is 14.5. The number of rotatable bonds is 7. The Morgan fingerprint density at radius 1 is 1.47 bits per heavy atom. The maximum atomic E-state index is 11.5. The highest BCUT2D eigenvalue weighted by atomic mass is 32.2. The summed E-state index contributed by atoms with van der Waals surface area (Å²) >= 11 is 0. The van der Waals surface area contributed by atoms with Crippen molar-refractivity contribution in [3.05, 3.63) is 0 Å². The van der Waals surface area contributed by atoms with Crippen LogP contribution in [-0.4, -0.2) is 60.9 Å². The first-order valence-electron chi connectivity index (χ1n) is 6.77. The molecular formula is C12H26N2O3S2. The number of hydrogen-bond acceptors (Lipinski definition) is 4. The van der Waals surface area contributed by atoms with Crippen molar-refractivity contribution in [1.82, 2.24) is 9.62 Å². The van der Waals surface area contributed by atoms with Crippen LogP contribution in [0, 0.1) is 5.92 Å². The van der Waals surface area contributed by atoms with Gasteiger partial charge in [0.15, 0.2) is 0 Å². The highest BCUT2D eigenvalue weighted by molar-refractivity contribution is 7.88. The van der Waals surface area contributed by atoms with Crippen molar-refractivity contribution in [1.29, 1.82) is 0 Å². The van der Waals surface area contributed by atoms with Crippen LogP contribution in [0.3, 0.4) is 0 Å². The largest absolute Gasteiger partial charge is 0.314 e. The van der Waals surface area contributed by atoms with Crippen LogP contribution in [-0.2, 0) is 20.8 Å². The minimum absolute atomic E-state index is 0.331. The summed E-state index contributed by atoms with van der Waals surface area (Å²) < 4.78 is 35.6. The topological polar surface area (TPSA) is 66.5 Å². The second-order valence-corrected chi connectivity index (χ2v) is 9.04. The summed E-state index contributed by atoms with van der Waals surface area (Å²) in [6, 6.07) is 0.331. The van der Waals surface area contributed by atoms with Crippen molar-refractivity contribution < 1.29 is 12.6 Å². The van der Waals surface area contributed by atoms with E-state index in [1.54, 1.807) is 10.6 Å². The Bertz CT molecular complexity index is 398. The molecule has 5 nitrogen and oxygen atoms in total. The lowest BCUT2D eigenvalue weighted by Crippen LogP contribution is -2.43. The lowest BCUT2D eigenvalue weighted by Gasteiger charge is -2.31. The van der Waals surface area contributed by atoms with E-state index in [2.05, 4.69) is 12.2 Å². The van der Waals surface area contributed by atoms with Crippen LogP contribution in [0.4, 0.5) is 0 Å². The van der Waals surface area contributed by atoms with Gasteiger partial charge in [0.2, 0.25) is 10.0 Å². The van der Waals surface area contributed by atoms with Crippen molar-refractivity contribution >= 4 is 20.8 Å². The molecule has 0 saturated carbocycles. The Morgan fingerprint density at radius 3 is 2.74 bits per heavy atom. The molecule has 0 amide bonds. The van der Waals surface area contributed by atoms with Crippen LogP contribution in [0.5, 0.6) is 0 Å². The zero-order valence-corrected chi connectivity index (χ0v) is 13.7. The summed E-state index contributed by atoms with van der Waals surface area (Å²) in [5.74, 6) is 1.10. The number of nitrogens with one attached hydrogen (secondary N) is 1. The zero-order valence-electron chi connectivity index (χ0n) is 12.1. The van der Waals surface area contributed by atoms with Gasteiger partial charge in [0.1, 0.15) is 0 Å². The molecule has 0 spiro atoms. The molecule has 7 heteroatoms. The molecule has 0 aliphatic carbocycles. The van der Waals surface area contributed by atoms with Crippen LogP contribution in [0.1, 0.15) is 26.2 Å². The van der Waals surface area contributed by atoms with E-state index in [0.717, 1.165) is 25.8 Å². The van der Waals surface area contributed by atoms with Gasteiger partial charge in [-0.05, 0) is 38.6 Å². The van der Waals surface area contributed by atoms with Crippen LogP contribution in [0.25, 0.3) is 0 Å². The first kappa shape index (κ1) is 17.1. The van der Waals surface area contributed by atoms with E-state index in [1.165, 1.54) is 6.26 Å². The van der Waals surface area contributed by atoms with E-state index < -0.39 is 20.8 Å². The Balaban J connectivity index is 2.31. The van der Waals surface area contributed by atoms with Crippen LogP contribution in [0.15, 0.2) is 0 Å². The molecule has 19 heavy (non-hydrogen) atoms. The van der Waals surface area contributed by atoms with E-state index in [1.807, 2.05) is 0 Å². The van der Waals surface area contributed by atoms with Gasteiger partial charge >= 0.3 is 0 Å². The monoisotopic (exact) mass is 310 g/mol. The molecule has 1 aliphatic heterocycles. The summed E-state index contributed by atoms with van der Waals surface area (Å²) in [4.78, 5) is 0. The molecule has 1 saturated heterocycles. The molecular weight excluding hydrogens is 284 g/mol. The maximum Gasteiger partial charge on any atom is 0.211 e. The number of nitrogens with zero attached hydrogens (tertiary/aromatic N) is 1. The summed E-state index contributed by atoms with van der Waals surface area (Å²) in [6.07, 6.45) is 5.91. The summed E-state index contributed by atoms with van der Waals surface area (Å²) in [5.41, 5.74) is 0. The van der Waals surface area contributed by atoms with Crippen molar-refractivity contribution in [3.63, 3.8) is 0 Å². The van der Waals surface area contributed by atoms with Gasteiger partial charge < -0.3 is 5.32 Å². The molecule has 114 valence electrons. The average Bonchev–Trinajstić information content (AvgIpc) is 2.33. The quantitative estimate of drug-likeness (QED) is 0.739. The van der Waals surface area contributed by atoms with Crippen molar-refractivity contribution in [2.75, 3.05) is 37.9 Å². The summed E-state index contributed by atoms with van der Waals surface area (Å²) in [7, 11) is -3.79. The minimum Gasteiger partial charge on any atom is -0.314 e. The van der Waals surface area contributed by atoms with E-state index in [0.29, 0.717) is 30.8 Å². The number of piperidine rings is 1. The molecule has 1 heterocycles. The lowest BCUT2D eigenvalue weighted by molar-refractivity contribution is 0.256. The van der Waals surface area contributed by atoms with Crippen LogP contribution < -0.4 is 5.32 Å². The molecule has 0 bridgehead atoms. The van der Waals surface area contributed by atoms with Gasteiger partial charge in [-0.3, -0.25) is 4.21 Å². The predicted molar refractivity (Wildman–Crippen MR) is 80.2 cm³/mol. The Hall–Kier alpha value is 0.0200. The first-order chi connectivity index (χ1) is 8.79. The normalized spacial score (nSPS) is 25.1. The molecule has 1 aliphatic rings. The SMILES string of the molecule is CC(CCS(C)=O)NCC1CCCN(S(C)(=O)=O)C1.